The van der Waals surface area contributed by atoms with Gasteiger partial charge in [-0.1, -0.05) is 48.5 Å². The molecule has 2 unspecified atom stereocenters. The van der Waals surface area contributed by atoms with Crippen molar-refractivity contribution in [2.24, 2.45) is 4.99 Å². The van der Waals surface area contributed by atoms with E-state index in [9.17, 15) is 0 Å². The number of nitrogens with one attached hydrogen (secondary N) is 2. The Hall–Kier alpha value is -2.39. The van der Waals surface area contributed by atoms with E-state index in [1.807, 2.05) is 30.3 Å². The summed E-state index contributed by atoms with van der Waals surface area (Å²) in [6.07, 6.45) is 3.89. The van der Waals surface area contributed by atoms with Gasteiger partial charge in [0.25, 0.3) is 0 Å². The van der Waals surface area contributed by atoms with Crippen LogP contribution in [-0.4, -0.2) is 41.0 Å². The Morgan fingerprint density at radius 2 is 1.85 bits per heavy atom. The van der Waals surface area contributed by atoms with Crippen molar-refractivity contribution in [3.05, 3.63) is 78.2 Å². The summed E-state index contributed by atoms with van der Waals surface area (Å²) in [6, 6.07) is 21.6. The van der Waals surface area contributed by atoms with Gasteiger partial charge in [-0.25, -0.2) is 9.98 Å². The first-order chi connectivity index (χ1) is 15.7. The topological polar surface area (TPSA) is 65.7 Å². The number of aromatic nitrogens is 1. The van der Waals surface area contributed by atoms with Gasteiger partial charge in [0, 0.05) is 37.3 Å². The van der Waals surface area contributed by atoms with Gasteiger partial charge in [-0.05, 0) is 44.4 Å². The lowest BCUT2D eigenvalue weighted by molar-refractivity contribution is 0.134. The van der Waals surface area contributed by atoms with Crippen LogP contribution in [0.4, 0.5) is 0 Å². The molecule has 0 amide bonds. The van der Waals surface area contributed by atoms with Crippen LogP contribution in [-0.2, 0) is 13.1 Å². The van der Waals surface area contributed by atoms with E-state index < -0.39 is 0 Å². The number of benzene rings is 2. The number of aliphatic imine (C=N–C) groups is 1. The highest BCUT2D eigenvalue weighted by molar-refractivity contribution is 14.0. The Kier molecular flexibility index (Phi) is 9.75. The molecular weight excluding hydrogens is 525 g/mol. The number of guanidine groups is 1. The number of rotatable bonds is 7. The number of halogens is 1. The molecule has 0 bridgehead atoms. The van der Waals surface area contributed by atoms with E-state index in [0.29, 0.717) is 24.5 Å². The van der Waals surface area contributed by atoms with Crippen LogP contribution in [0.15, 0.2) is 76.3 Å². The van der Waals surface area contributed by atoms with Crippen LogP contribution in [0.3, 0.4) is 0 Å². The van der Waals surface area contributed by atoms with Crippen molar-refractivity contribution in [3.63, 3.8) is 0 Å². The minimum absolute atomic E-state index is 0. The third-order valence-corrected chi connectivity index (χ3v) is 5.90. The van der Waals surface area contributed by atoms with E-state index >= 15 is 0 Å². The summed E-state index contributed by atoms with van der Waals surface area (Å²) >= 11 is 0. The van der Waals surface area contributed by atoms with Crippen LogP contribution >= 0.6 is 24.0 Å². The Balaban J connectivity index is 0.00000306. The maximum Gasteiger partial charge on any atom is 0.226 e. The average molecular weight is 559 g/mol. The quantitative estimate of drug-likeness (QED) is 0.241. The fraction of sp³-hybridized carbons (Fsp3) is 0.385. The number of likely N-dealkylation sites (tertiary alicyclic amines) is 1. The maximum absolute atomic E-state index is 5.64. The van der Waals surface area contributed by atoms with E-state index in [0.717, 1.165) is 49.7 Å². The lowest BCUT2D eigenvalue weighted by atomic mass is 9.97. The van der Waals surface area contributed by atoms with Crippen molar-refractivity contribution in [1.82, 2.24) is 20.5 Å². The van der Waals surface area contributed by atoms with Crippen molar-refractivity contribution in [1.29, 1.82) is 0 Å². The van der Waals surface area contributed by atoms with Crippen molar-refractivity contribution in [2.45, 2.75) is 51.9 Å². The lowest BCUT2D eigenvalue weighted by Crippen LogP contribution is -2.51. The first-order valence-electron chi connectivity index (χ1n) is 11.5. The highest BCUT2D eigenvalue weighted by atomic mass is 127. The summed E-state index contributed by atoms with van der Waals surface area (Å²) in [5.41, 5.74) is 3.18. The predicted molar refractivity (Wildman–Crippen MR) is 145 cm³/mol. The summed E-state index contributed by atoms with van der Waals surface area (Å²) < 4.78 is 5.64. The van der Waals surface area contributed by atoms with Crippen LogP contribution in [0, 0.1) is 0 Å². The zero-order valence-corrected chi connectivity index (χ0v) is 21.7. The van der Waals surface area contributed by atoms with Gasteiger partial charge in [-0.3, -0.25) is 4.90 Å². The molecule has 0 spiro atoms. The minimum Gasteiger partial charge on any atom is -0.444 e. The van der Waals surface area contributed by atoms with Crippen LogP contribution in [0.25, 0.3) is 11.5 Å². The number of nitrogens with zero attached hydrogens (tertiary/aromatic N) is 3. The Morgan fingerprint density at radius 1 is 1.12 bits per heavy atom. The number of oxazole rings is 1. The Bertz CT molecular complexity index is 992. The third-order valence-electron chi connectivity index (χ3n) is 5.90. The largest absolute Gasteiger partial charge is 0.444 e. The molecule has 176 valence electrons. The van der Waals surface area contributed by atoms with Gasteiger partial charge >= 0.3 is 0 Å². The SMILES string of the molecule is CCNC(=NCc1coc(-c2ccccc2)n1)NC1CCN(Cc2ccccc2)C(C)C1.I. The third kappa shape index (κ3) is 7.30. The molecule has 1 fully saturated rings. The fourth-order valence-corrected chi connectivity index (χ4v) is 4.17. The normalized spacial score (nSPS) is 19.0. The zero-order valence-electron chi connectivity index (χ0n) is 19.4. The molecule has 1 aliphatic heterocycles. The van der Waals surface area contributed by atoms with Crippen molar-refractivity contribution in [3.8, 4) is 11.5 Å². The molecule has 1 saturated heterocycles. The molecule has 7 heteroatoms. The second-order valence-corrected chi connectivity index (χ2v) is 8.38. The van der Waals surface area contributed by atoms with Crippen molar-refractivity contribution in [2.75, 3.05) is 13.1 Å². The molecule has 2 aromatic carbocycles. The summed E-state index contributed by atoms with van der Waals surface area (Å²) in [6.45, 7) is 7.80. The summed E-state index contributed by atoms with van der Waals surface area (Å²) in [7, 11) is 0. The van der Waals surface area contributed by atoms with Crippen molar-refractivity contribution < 1.29 is 4.42 Å². The monoisotopic (exact) mass is 559 g/mol. The number of hydrogen-bond donors (Lipinski definition) is 2. The van der Waals surface area contributed by atoms with Crippen molar-refractivity contribution >= 4 is 29.9 Å². The molecule has 1 aromatic heterocycles. The van der Waals surface area contributed by atoms with Crippen LogP contribution in [0.1, 0.15) is 37.9 Å². The summed E-state index contributed by atoms with van der Waals surface area (Å²) in [5, 5.41) is 7.01. The standard InChI is InChI=1S/C26H33N5O.HI/c1-3-27-26(28-17-24-19-32-25(29-24)22-12-8-5-9-13-22)30-23-14-15-31(20(2)16-23)18-21-10-6-4-7-11-21;/h4-13,19-20,23H,3,14-18H2,1-2H3,(H2,27,28,30);1H. The molecule has 0 aliphatic carbocycles. The molecule has 1 aliphatic rings. The molecule has 0 saturated carbocycles. The van der Waals surface area contributed by atoms with Gasteiger partial charge in [0.2, 0.25) is 5.89 Å². The van der Waals surface area contributed by atoms with Gasteiger partial charge < -0.3 is 15.1 Å². The van der Waals surface area contributed by atoms with Gasteiger partial charge in [0.05, 0.1) is 6.54 Å². The summed E-state index contributed by atoms with van der Waals surface area (Å²) in [4.78, 5) is 11.9. The van der Waals surface area contributed by atoms with Gasteiger partial charge in [-0.15, -0.1) is 24.0 Å². The van der Waals surface area contributed by atoms with E-state index in [1.54, 1.807) is 6.26 Å². The molecule has 33 heavy (non-hydrogen) atoms. The molecular formula is C26H34IN5O. The first kappa shape index (κ1) is 25.2. The van der Waals surface area contributed by atoms with Crippen LogP contribution in [0.5, 0.6) is 0 Å². The van der Waals surface area contributed by atoms with E-state index in [1.165, 1.54) is 5.56 Å². The minimum atomic E-state index is 0. The van der Waals surface area contributed by atoms with Gasteiger partial charge in [-0.2, -0.15) is 0 Å². The molecule has 2 heterocycles. The van der Waals surface area contributed by atoms with Crippen LogP contribution < -0.4 is 10.6 Å². The Labute approximate surface area is 213 Å². The highest BCUT2D eigenvalue weighted by Gasteiger charge is 2.26. The van der Waals surface area contributed by atoms with E-state index in [2.05, 4.69) is 64.7 Å². The molecule has 3 aromatic rings. The molecule has 0 radical (unpaired) electrons. The number of hydrogen-bond acceptors (Lipinski definition) is 4. The molecule has 6 nitrogen and oxygen atoms in total. The summed E-state index contributed by atoms with van der Waals surface area (Å²) in [5.74, 6) is 1.47. The van der Waals surface area contributed by atoms with E-state index in [4.69, 9.17) is 9.41 Å². The van der Waals surface area contributed by atoms with Gasteiger partial charge in [0.15, 0.2) is 5.96 Å². The highest BCUT2D eigenvalue weighted by Crippen LogP contribution is 2.20. The second kappa shape index (κ2) is 12.7. The fourth-order valence-electron chi connectivity index (χ4n) is 4.17. The zero-order chi connectivity index (χ0) is 22.2. The molecule has 2 N–H and O–H groups in total. The van der Waals surface area contributed by atoms with Crippen LogP contribution in [0.2, 0.25) is 0 Å². The Morgan fingerprint density at radius 3 is 2.55 bits per heavy atom. The predicted octanol–water partition coefficient (Wildman–Crippen LogP) is 5.07. The average Bonchev–Trinajstić information content (AvgIpc) is 3.30. The number of piperidine rings is 1. The lowest BCUT2D eigenvalue weighted by Gasteiger charge is -2.38. The molecule has 4 rings (SSSR count). The van der Waals surface area contributed by atoms with E-state index in [-0.39, 0.29) is 24.0 Å². The second-order valence-electron chi connectivity index (χ2n) is 8.38. The molecule has 2 atom stereocenters. The first-order valence-corrected chi connectivity index (χ1v) is 11.5. The maximum atomic E-state index is 5.64. The smallest absolute Gasteiger partial charge is 0.226 e. The van der Waals surface area contributed by atoms with Gasteiger partial charge in [0.1, 0.15) is 12.0 Å².